The van der Waals surface area contributed by atoms with Gasteiger partial charge in [0.05, 0.1) is 19.3 Å². The topological polar surface area (TPSA) is 12.5 Å². The summed E-state index contributed by atoms with van der Waals surface area (Å²) in [6.45, 7) is 9.46. The Morgan fingerprint density at radius 2 is 1.83 bits per heavy atom. The summed E-state index contributed by atoms with van der Waals surface area (Å²) >= 11 is 0. The number of rotatable bonds is 5. The number of nitrogens with zero attached hydrogens (tertiary/aromatic N) is 1. The first-order valence-electron chi connectivity index (χ1n) is 9.03. The molecule has 0 spiro atoms. The van der Waals surface area contributed by atoms with Crippen LogP contribution in [0.15, 0.2) is 54.6 Å². The predicted molar refractivity (Wildman–Crippen MR) is 102 cm³/mol. The van der Waals surface area contributed by atoms with Crippen molar-refractivity contribution in [3.8, 4) is 0 Å². The molecular weight excluding hydrogens is 294 g/mol. The zero-order valence-electron chi connectivity index (χ0n) is 15.2. The Bertz CT molecular complexity index is 645. The fourth-order valence-corrected chi connectivity index (χ4v) is 3.39. The summed E-state index contributed by atoms with van der Waals surface area (Å²) in [6, 6.07) is 19.9. The Hall–Kier alpha value is -1.80. The molecule has 1 aliphatic rings. The molecule has 1 saturated heterocycles. The molecule has 0 bridgehead atoms. The van der Waals surface area contributed by atoms with Crippen molar-refractivity contribution in [1.82, 2.24) is 0 Å². The van der Waals surface area contributed by atoms with Crippen LogP contribution < -0.4 is 4.90 Å². The average molecular weight is 323 g/mol. The summed E-state index contributed by atoms with van der Waals surface area (Å²) in [5.74, 6) is 0. The van der Waals surface area contributed by atoms with E-state index in [1.807, 2.05) is 6.07 Å². The second-order valence-electron chi connectivity index (χ2n) is 7.79. The molecule has 0 saturated carbocycles. The van der Waals surface area contributed by atoms with Gasteiger partial charge in [0.15, 0.2) is 0 Å². The maximum Gasteiger partial charge on any atom is 0.0717 e. The summed E-state index contributed by atoms with van der Waals surface area (Å²) in [5, 5.41) is 0. The SMILES string of the molecule is CC(C)(C)c1cccc(N2CCCC2COCc2ccccc2)c1. The normalized spacial score (nSPS) is 18.1. The molecule has 128 valence electrons. The van der Waals surface area contributed by atoms with Crippen molar-refractivity contribution in [1.29, 1.82) is 0 Å². The van der Waals surface area contributed by atoms with Crippen LogP contribution in [0, 0.1) is 0 Å². The third-order valence-corrected chi connectivity index (χ3v) is 4.84. The molecule has 0 aliphatic carbocycles. The monoisotopic (exact) mass is 323 g/mol. The molecule has 0 amide bonds. The average Bonchev–Trinajstić information content (AvgIpc) is 3.04. The van der Waals surface area contributed by atoms with E-state index in [4.69, 9.17) is 4.74 Å². The summed E-state index contributed by atoms with van der Waals surface area (Å²) < 4.78 is 6.01. The van der Waals surface area contributed by atoms with Gasteiger partial charge in [-0.15, -0.1) is 0 Å². The standard InChI is InChI=1S/C22H29NO/c1-22(2,3)19-11-7-12-20(15-19)23-14-8-13-21(23)17-24-16-18-9-5-4-6-10-18/h4-7,9-12,15,21H,8,13-14,16-17H2,1-3H3. The van der Waals surface area contributed by atoms with E-state index in [0.29, 0.717) is 12.6 Å². The van der Waals surface area contributed by atoms with Crippen LogP contribution in [0.25, 0.3) is 0 Å². The van der Waals surface area contributed by atoms with Gasteiger partial charge < -0.3 is 9.64 Å². The van der Waals surface area contributed by atoms with E-state index in [2.05, 4.69) is 74.2 Å². The molecule has 0 N–H and O–H groups in total. The fourth-order valence-electron chi connectivity index (χ4n) is 3.39. The van der Waals surface area contributed by atoms with E-state index in [0.717, 1.165) is 13.2 Å². The van der Waals surface area contributed by atoms with Crippen LogP contribution in [0.1, 0.15) is 44.7 Å². The number of benzene rings is 2. The van der Waals surface area contributed by atoms with Gasteiger partial charge in [0.1, 0.15) is 0 Å². The molecule has 24 heavy (non-hydrogen) atoms. The minimum Gasteiger partial charge on any atom is -0.375 e. The van der Waals surface area contributed by atoms with E-state index in [1.165, 1.54) is 29.7 Å². The fraction of sp³-hybridized carbons (Fsp3) is 0.455. The lowest BCUT2D eigenvalue weighted by Gasteiger charge is -2.29. The van der Waals surface area contributed by atoms with Crippen LogP contribution in [-0.2, 0) is 16.8 Å². The zero-order chi connectivity index (χ0) is 17.0. The van der Waals surface area contributed by atoms with Crippen LogP contribution >= 0.6 is 0 Å². The minimum absolute atomic E-state index is 0.190. The Balaban J connectivity index is 1.63. The molecule has 1 aliphatic heterocycles. The smallest absolute Gasteiger partial charge is 0.0717 e. The first kappa shape index (κ1) is 17.0. The highest BCUT2D eigenvalue weighted by atomic mass is 16.5. The minimum atomic E-state index is 0.190. The van der Waals surface area contributed by atoms with Crippen molar-refractivity contribution in [3.05, 3.63) is 65.7 Å². The summed E-state index contributed by atoms with van der Waals surface area (Å²) in [4.78, 5) is 2.53. The van der Waals surface area contributed by atoms with Gasteiger partial charge in [-0.2, -0.15) is 0 Å². The maximum atomic E-state index is 6.01. The lowest BCUT2D eigenvalue weighted by molar-refractivity contribution is 0.108. The van der Waals surface area contributed by atoms with Crippen LogP contribution in [0.2, 0.25) is 0 Å². The highest BCUT2D eigenvalue weighted by Gasteiger charge is 2.25. The Kier molecular flexibility index (Phi) is 5.25. The van der Waals surface area contributed by atoms with E-state index in [1.54, 1.807) is 0 Å². The van der Waals surface area contributed by atoms with Crippen LogP contribution in [0.5, 0.6) is 0 Å². The molecule has 2 aromatic rings. The Labute approximate surface area is 146 Å². The van der Waals surface area contributed by atoms with Gasteiger partial charge in [0.2, 0.25) is 0 Å². The quantitative estimate of drug-likeness (QED) is 0.752. The number of hydrogen-bond acceptors (Lipinski definition) is 2. The second kappa shape index (κ2) is 7.40. The van der Waals surface area contributed by atoms with Gasteiger partial charge in [-0.3, -0.25) is 0 Å². The summed E-state index contributed by atoms with van der Waals surface area (Å²) in [6.07, 6.45) is 2.47. The van der Waals surface area contributed by atoms with Crippen molar-refractivity contribution in [3.63, 3.8) is 0 Å². The first-order valence-corrected chi connectivity index (χ1v) is 9.03. The largest absolute Gasteiger partial charge is 0.375 e. The molecule has 0 aromatic heterocycles. The zero-order valence-corrected chi connectivity index (χ0v) is 15.2. The van der Waals surface area contributed by atoms with E-state index in [9.17, 15) is 0 Å². The van der Waals surface area contributed by atoms with Crippen LogP contribution in [0.4, 0.5) is 5.69 Å². The van der Waals surface area contributed by atoms with Gasteiger partial charge in [0, 0.05) is 12.2 Å². The van der Waals surface area contributed by atoms with Crippen molar-refractivity contribution in [2.75, 3.05) is 18.1 Å². The lowest BCUT2D eigenvalue weighted by Crippen LogP contribution is -2.33. The van der Waals surface area contributed by atoms with Gasteiger partial charge in [0.25, 0.3) is 0 Å². The Morgan fingerprint density at radius 3 is 2.58 bits per heavy atom. The van der Waals surface area contributed by atoms with E-state index < -0.39 is 0 Å². The summed E-state index contributed by atoms with van der Waals surface area (Å²) in [5.41, 5.74) is 4.18. The van der Waals surface area contributed by atoms with Gasteiger partial charge >= 0.3 is 0 Å². The lowest BCUT2D eigenvalue weighted by atomic mass is 9.87. The number of hydrogen-bond donors (Lipinski definition) is 0. The van der Waals surface area contributed by atoms with Gasteiger partial charge in [-0.1, -0.05) is 63.2 Å². The number of ether oxygens (including phenoxy) is 1. The third-order valence-electron chi connectivity index (χ3n) is 4.84. The molecule has 2 aromatic carbocycles. The van der Waals surface area contributed by atoms with E-state index >= 15 is 0 Å². The van der Waals surface area contributed by atoms with Crippen LogP contribution in [0.3, 0.4) is 0 Å². The van der Waals surface area contributed by atoms with Gasteiger partial charge in [-0.25, -0.2) is 0 Å². The molecule has 1 heterocycles. The van der Waals surface area contributed by atoms with Crippen molar-refractivity contribution < 1.29 is 4.74 Å². The van der Waals surface area contributed by atoms with Gasteiger partial charge in [-0.05, 0) is 41.5 Å². The maximum absolute atomic E-state index is 6.01. The molecule has 3 rings (SSSR count). The molecule has 1 atom stereocenters. The second-order valence-corrected chi connectivity index (χ2v) is 7.79. The first-order chi connectivity index (χ1) is 11.5. The van der Waals surface area contributed by atoms with Crippen molar-refractivity contribution in [2.24, 2.45) is 0 Å². The molecule has 0 radical (unpaired) electrons. The predicted octanol–water partition coefficient (Wildman–Crippen LogP) is 5.17. The highest BCUT2D eigenvalue weighted by molar-refractivity contribution is 5.51. The molecule has 1 unspecified atom stereocenters. The highest BCUT2D eigenvalue weighted by Crippen LogP contribution is 2.30. The van der Waals surface area contributed by atoms with E-state index in [-0.39, 0.29) is 5.41 Å². The molecular formula is C22H29NO. The van der Waals surface area contributed by atoms with Crippen LogP contribution in [-0.4, -0.2) is 19.2 Å². The van der Waals surface area contributed by atoms with Crippen molar-refractivity contribution >= 4 is 5.69 Å². The molecule has 2 heteroatoms. The Morgan fingerprint density at radius 1 is 1.04 bits per heavy atom. The summed E-state index contributed by atoms with van der Waals surface area (Å²) in [7, 11) is 0. The molecule has 2 nitrogen and oxygen atoms in total. The number of anilines is 1. The van der Waals surface area contributed by atoms with Crippen molar-refractivity contribution in [2.45, 2.75) is 51.7 Å². The molecule has 1 fully saturated rings. The third kappa shape index (κ3) is 4.18.